The van der Waals surface area contributed by atoms with Gasteiger partial charge in [0.1, 0.15) is 0 Å². The van der Waals surface area contributed by atoms with Gasteiger partial charge >= 0.3 is 0 Å². The molecule has 2 nitrogen and oxygen atoms in total. The molecule has 0 aliphatic heterocycles. The molecule has 0 amide bonds. The summed E-state index contributed by atoms with van der Waals surface area (Å²) in [5.74, 6) is 0.728. The molecule has 0 radical (unpaired) electrons. The van der Waals surface area contributed by atoms with Gasteiger partial charge in [0.05, 0.1) is 16.6 Å². The van der Waals surface area contributed by atoms with Crippen LogP contribution in [0.1, 0.15) is 22.3 Å². The van der Waals surface area contributed by atoms with Crippen LogP contribution < -0.4 is 0 Å². The molecule has 0 bridgehead atoms. The minimum Gasteiger partial charge on any atom is -0.228 e. The second kappa shape index (κ2) is 12.5. The lowest BCUT2D eigenvalue weighted by molar-refractivity contribution is 0.769. The Morgan fingerprint density at radius 2 is 0.927 bits per heavy atom. The van der Waals surface area contributed by atoms with E-state index in [1.54, 1.807) is 0 Å². The first-order chi connectivity index (χ1) is 27.3. The van der Waals surface area contributed by atoms with E-state index < -0.39 is 5.41 Å². The summed E-state index contributed by atoms with van der Waals surface area (Å²) in [4.78, 5) is 10.4. The smallest absolute Gasteiger partial charge is 0.161 e. The molecule has 11 rings (SSSR count). The Kier molecular flexibility index (Phi) is 7.11. The fourth-order valence-electron chi connectivity index (χ4n) is 9.19. The molecule has 2 heteroatoms. The molecule has 0 unspecified atom stereocenters. The summed E-state index contributed by atoms with van der Waals surface area (Å²) >= 11 is 0. The zero-order valence-corrected chi connectivity index (χ0v) is 30.0. The quantitative estimate of drug-likeness (QED) is 0.179. The van der Waals surface area contributed by atoms with Gasteiger partial charge in [-0.1, -0.05) is 188 Å². The number of fused-ring (bicyclic) bond motifs is 7. The molecule has 256 valence electrons. The zero-order chi connectivity index (χ0) is 36.3. The molecule has 10 aromatic rings. The first-order valence-corrected chi connectivity index (χ1v) is 18.9. The standard InChI is InChI=1S/C53H34N2/c1-4-16-36(17-5-1)51-45-25-13-15-27-49(45)54-52(55-51)43-32-31-40(41-22-10-11-23-42(41)43)37-29-28-35-30-33-48-50(46(35)34-37)44-24-12-14-26-47(44)53(48,38-18-6-2-7-19-38)39-20-8-3-9-21-39/h1-34H. The first kappa shape index (κ1) is 31.4. The Labute approximate surface area is 320 Å². The molecular weight excluding hydrogens is 665 g/mol. The minimum absolute atomic E-state index is 0.439. The number of para-hydroxylation sites is 1. The van der Waals surface area contributed by atoms with E-state index in [1.165, 1.54) is 60.7 Å². The molecule has 0 saturated carbocycles. The lowest BCUT2D eigenvalue weighted by atomic mass is 9.67. The molecule has 0 saturated heterocycles. The van der Waals surface area contributed by atoms with Crippen molar-refractivity contribution in [3.05, 3.63) is 229 Å². The van der Waals surface area contributed by atoms with Crippen molar-refractivity contribution in [2.75, 3.05) is 0 Å². The summed E-state index contributed by atoms with van der Waals surface area (Å²) in [6.45, 7) is 0. The maximum atomic E-state index is 5.25. The van der Waals surface area contributed by atoms with E-state index in [2.05, 4.69) is 194 Å². The van der Waals surface area contributed by atoms with Gasteiger partial charge in [0.2, 0.25) is 0 Å². The molecule has 9 aromatic carbocycles. The van der Waals surface area contributed by atoms with Crippen LogP contribution in [0, 0.1) is 0 Å². The summed E-state index contributed by atoms with van der Waals surface area (Å²) in [6, 6.07) is 74.6. The predicted octanol–water partition coefficient (Wildman–Crippen LogP) is 13.3. The van der Waals surface area contributed by atoms with Gasteiger partial charge in [-0.05, 0) is 84.3 Å². The summed E-state index contributed by atoms with van der Waals surface area (Å²) in [5.41, 5.74) is 13.7. The third-order valence-corrected chi connectivity index (χ3v) is 11.6. The molecule has 0 spiro atoms. The van der Waals surface area contributed by atoms with Gasteiger partial charge in [-0.25, -0.2) is 9.97 Å². The van der Waals surface area contributed by atoms with Crippen molar-refractivity contribution in [3.8, 4) is 44.9 Å². The van der Waals surface area contributed by atoms with Crippen molar-refractivity contribution in [1.29, 1.82) is 0 Å². The van der Waals surface area contributed by atoms with E-state index in [0.29, 0.717) is 0 Å². The second-order valence-electron chi connectivity index (χ2n) is 14.4. The van der Waals surface area contributed by atoms with Crippen molar-refractivity contribution in [1.82, 2.24) is 9.97 Å². The van der Waals surface area contributed by atoms with E-state index in [4.69, 9.17) is 9.97 Å². The molecule has 55 heavy (non-hydrogen) atoms. The normalized spacial score (nSPS) is 12.9. The highest BCUT2D eigenvalue weighted by atomic mass is 14.9. The Bertz CT molecular complexity index is 3040. The van der Waals surface area contributed by atoms with Crippen LogP contribution in [-0.4, -0.2) is 9.97 Å². The van der Waals surface area contributed by atoms with Crippen LogP contribution in [0.2, 0.25) is 0 Å². The fourth-order valence-corrected chi connectivity index (χ4v) is 9.19. The van der Waals surface area contributed by atoms with Crippen LogP contribution >= 0.6 is 0 Å². The lowest BCUT2D eigenvalue weighted by Crippen LogP contribution is -2.28. The average Bonchev–Trinajstić information content (AvgIpc) is 3.58. The molecule has 1 aromatic heterocycles. The van der Waals surface area contributed by atoms with Gasteiger partial charge in [-0.2, -0.15) is 0 Å². The molecule has 1 aliphatic rings. The zero-order valence-electron chi connectivity index (χ0n) is 30.0. The Morgan fingerprint density at radius 3 is 1.67 bits per heavy atom. The van der Waals surface area contributed by atoms with Gasteiger partial charge in [0.25, 0.3) is 0 Å². The highest BCUT2D eigenvalue weighted by molar-refractivity contribution is 6.09. The largest absolute Gasteiger partial charge is 0.228 e. The van der Waals surface area contributed by atoms with E-state index >= 15 is 0 Å². The van der Waals surface area contributed by atoms with Crippen LogP contribution in [0.4, 0.5) is 0 Å². The molecular formula is C53H34N2. The second-order valence-corrected chi connectivity index (χ2v) is 14.4. The van der Waals surface area contributed by atoms with Crippen LogP contribution in [-0.2, 0) is 5.41 Å². The number of hydrogen-bond acceptors (Lipinski definition) is 2. The number of nitrogens with zero attached hydrogens (tertiary/aromatic N) is 2. The lowest BCUT2D eigenvalue weighted by Gasteiger charge is -2.33. The van der Waals surface area contributed by atoms with E-state index in [1.807, 2.05) is 12.1 Å². The molecule has 0 fully saturated rings. The maximum absolute atomic E-state index is 5.25. The number of rotatable bonds is 5. The van der Waals surface area contributed by atoms with Crippen molar-refractivity contribution in [2.24, 2.45) is 0 Å². The van der Waals surface area contributed by atoms with Gasteiger partial charge in [-0.15, -0.1) is 0 Å². The maximum Gasteiger partial charge on any atom is 0.161 e. The Morgan fingerprint density at radius 1 is 0.345 bits per heavy atom. The highest BCUT2D eigenvalue weighted by Crippen LogP contribution is 2.58. The third kappa shape index (κ3) is 4.75. The van der Waals surface area contributed by atoms with Crippen molar-refractivity contribution in [2.45, 2.75) is 5.41 Å². The fraction of sp³-hybridized carbons (Fsp3) is 0.0189. The van der Waals surface area contributed by atoms with E-state index in [0.717, 1.165) is 38.9 Å². The van der Waals surface area contributed by atoms with Crippen molar-refractivity contribution >= 4 is 32.4 Å². The van der Waals surface area contributed by atoms with E-state index in [9.17, 15) is 0 Å². The molecule has 1 heterocycles. The average molecular weight is 699 g/mol. The van der Waals surface area contributed by atoms with Crippen molar-refractivity contribution < 1.29 is 0 Å². The highest BCUT2D eigenvalue weighted by Gasteiger charge is 2.46. The molecule has 0 N–H and O–H groups in total. The third-order valence-electron chi connectivity index (χ3n) is 11.6. The van der Waals surface area contributed by atoms with Crippen molar-refractivity contribution in [3.63, 3.8) is 0 Å². The van der Waals surface area contributed by atoms with Gasteiger partial charge < -0.3 is 0 Å². The SMILES string of the molecule is c1ccc(-c2nc(-c3ccc(-c4ccc5ccc6c(c5c4)-c4ccccc4C6(c4ccccc4)c4ccccc4)c4ccccc34)nc3ccccc23)cc1. The van der Waals surface area contributed by atoms with E-state index in [-0.39, 0.29) is 0 Å². The topological polar surface area (TPSA) is 25.8 Å². The summed E-state index contributed by atoms with van der Waals surface area (Å²) < 4.78 is 0. The predicted molar refractivity (Wildman–Crippen MR) is 228 cm³/mol. The van der Waals surface area contributed by atoms with Crippen LogP contribution in [0.5, 0.6) is 0 Å². The monoisotopic (exact) mass is 698 g/mol. The molecule has 1 aliphatic carbocycles. The Hall–Kier alpha value is -7.16. The first-order valence-electron chi connectivity index (χ1n) is 18.9. The van der Waals surface area contributed by atoms with Crippen LogP contribution in [0.3, 0.4) is 0 Å². The summed E-state index contributed by atoms with van der Waals surface area (Å²) in [5, 5.41) is 5.84. The van der Waals surface area contributed by atoms with Gasteiger partial charge in [0.15, 0.2) is 5.82 Å². The van der Waals surface area contributed by atoms with Gasteiger partial charge in [0, 0.05) is 16.5 Å². The number of hydrogen-bond donors (Lipinski definition) is 0. The number of aromatic nitrogens is 2. The van der Waals surface area contributed by atoms with Gasteiger partial charge in [-0.3, -0.25) is 0 Å². The molecule has 0 atom stereocenters. The summed E-state index contributed by atoms with van der Waals surface area (Å²) in [7, 11) is 0. The van der Waals surface area contributed by atoms with Crippen LogP contribution in [0.25, 0.3) is 77.3 Å². The summed E-state index contributed by atoms with van der Waals surface area (Å²) in [6.07, 6.45) is 0. The Balaban J connectivity index is 1.13. The minimum atomic E-state index is -0.439. The van der Waals surface area contributed by atoms with Crippen LogP contribution in [0.15, 0.2) is 206 Å². The number of benzene rings is 9.